The first-order chi connectivity index (χ1) is 7.72. The van der Waals surface area contributed by atoms with Crippen LogP contribution in [0.5, 0.6) is 0 Å². The molecule has 0 radical (unpaired) electrons. The normalized spacial score (nSPS) is 10.5. The lowest BCUT2D eigenvalue weighted by atomic mass is 10.2. The molecule has 0 spiro atoms. The second-order valence-electron chi connectivity index (χ2n) is 3.76. The van der Waals surface area contributed by atoms with Crippen LogP contribution in [0.4, 0.5) is 10.2 Å². The van der Waals surface area contributed by atoms with Crippen molar-refractivity contribution in [1.82, 2.24) is 4.98 Å². The second-order valence-corrected chi connectivity index (χ2v) is 4.02. The summed E-state index contributed by atoms with van der Waals surface area (Å²) in [6, 6.07) is 1.47. The Hall–Kier alpha value is -0.830. The molecule has 0 atom stereocenters. The maximum atomic E-state index is 13.0. The molecule has 0 aromatic carbocycles. The number of halogens is 2. The van der Waals surface area contributed by atoms with Crippen molar-refractivity contribution in [3.8, 4) is 0 Å². The highest BCUT2D eigenvalue weighted by atomic mass is 35.5. The van der Waals surface area contributed by atoms with Crippen LogP contribution in [0.3, 0.4) is 0 Å². The molecule has 0 saturated carbocycles. The molecule has 0 N–H and O–H groups in total. The SMILES string of the molecule is CCCN(CCC)c1ncc(F)cc1CCl. The summed E-state index contributed by atoms with van der Waals surface area (Å²) in [5.74, 6) is 0.789. The van der Waals surface area contributed by atoms with Gasteiger partial charge in [-0.3, -0.25) is 0 Å². The first kappa shape index (κ1) is 13.2. The minimum atomic E-state index is -0.327. The molecule has 1 aromatic heterocycles. The third-order valence-corrected chi connectivity index (χ3v) is 2.63. The van der Waals surface area contributed by atoms with Gasteiger partial charge in [-0.25, -0.2) is 9.37 Å². The second kappa shape index (κ2) is 6.69. The summed E-state index contributed by atoms with van der Waals surface area (Å²) in [7, 11) is 0. The van der Waals surface area contributed by atoms with Crippen LogP contribution in [-0.4, -0.2) is 18.1 Å². The first-order valence-electron chi connectivity index (χ1n) is 5.68. The van der Waals surface area contributed by atoms with Crippen LogP contribution in [0, 0.1) is 5.82 Å². The van der Waals surface area contributed by atoms with E-state index in [9.17, 15) is 4.39 Å². The van der Waals surface area contributed by atoms with E-state index in [1.807, 2.05) is 0 Å². The third-order valence-electron chi connectivity index (χ3n) is 2.34. The minimum Gasteiger partial charge on any atom is -0.356 e. The molecular weight excluding hydrogens is 227 g/mol. The van der Waals surface area contributed by atoms with Gasteiger partial charge in [-0.15, -0.1) is 11.6 Å². The molecule has 1 rings (SSSR count). The Morgan fingerprint density at radius 3 is 2.44 bits per heavy atom. The van der Waals surface area contributed by atoms with Crippen LogP contribution >= 0.6 is 11.6 Å². The smallest absolute Gasteiger partial charge is 0.141 e. The summed E-state index contributed by atoms with van der Waals surface area (Å²) in [6.07, 6.45) is 3.34. The summed E-state index contributed by atoms with van der Waals surface area (Å²) >= 11 is 5.82. The zero-order valence-electron chi connectivity index (χ0n) is 9.84. The Kier molecular flexibility index (Phi) is 5.53. The molecule has 0 aliphatic rings. The van der Waals surface area contributed by atoms with Crippen LogP contribution in [-0.2, 0) is 5.88 Å². The van der Waals surface area contributed by atoms with Gasteiger partial charge < -0.3 is 4.90 Å². The summed E-state index contributed by atoms with van der Waals surface area (Å²) in [6.45, 7) is 6.09. The van der Waals surface area contributed by atoms with Gasteiger partial charge in [0.2, 0.25) is 0 Å². The maximum Gasteiger partial charge on any atom is 0.141 e. The van der Waals surface area contributed by atoms with E-state index in [4.69, 9.17) is 11.6 Å². The van der Waals surface area contributed by atoms with Crippen molar-refractivity contribution >= 4 is 17.4 Å². The van der Waals surface area contributed by atoms with Gasteiger partial charge in [-0.05, 0) is 18.9 Å². The average Bonchev–Trinajstić information content (AvgIpc) is 2.28. The van der Waals surface area contributed by atoms with E-state index in [2.05, 4.69) is 23.7 Å². The summed E-state index contributed by atoms with van der Waals surface area (Å²) in [5.41, 5.74) is 0.767. The van der Waals surface area contributed by atoms with Crippen molar-refractivity contribution in [3.63, 3.8) is 0 Å². The number of hydrogen-bond donors (Lipinski definition) is 0. The molecule has 4 heteroatoms. The van der Waals surface area contributed by atoms with Crippen LogP contribution in [0.1, 0.15) is 32.3 Å². The Bertz CT molecular complexity index is 325. The molecule has 1 aromatic rings. The molecule has 2 nitrogen and oxygen atoms in total. The van der Waals surface area contributed by atoms with Crippen molar-refractivity contribution in [2.45, 2.75) is 32.6 Å². The molecule has 0 bridgehead atoms. The summed E-state index contributed by atoms with van der Waals surface area (Å²) in [5, 5.41) is 0. The predicted molar refractivity (Wildman–Crippen MR) is 66.5 cm³/mol. The van der Waals surface area contributed by atoms with E-state index < -0.39 is 0 Å². The highest BCUT2D eigenvalue weighted by molar-refractivity contribution is 6.17. The fourth-order valence-corrected chi connectivity index (χ4v) is 1.92. The third kappa shape index (κ3) is 3.34. The molecular formula is C12H18ClFN2. The number of pyridine rings is 1. The van der Waals surface area contributed by atoms with E-state index >= 15 is 0 Å². The number of aromatic nitrogens is 1. The largest absolute Gasteiger partial charge is 0.356 e. The molecule has 0 aliphatic carbocycles. The van der Waals surface area contributed by atoms with Crippen molar-refractivity contribution < 1.29 is 4.39 Å². The minimum absolute atomic E-state index is 0.296. The first-order valence-corrected chi connectivity index (χ1v) is 6.21. The standard InChI is InChI=1S/C12H18ClFN2/c1-3-5-16(6-4-2)12-10(8-13)7-11(14)9-15-12/h7,9H,3-6,8H2,1-2H3. The average molecular weight is 245 g/mol. The zero-order chi connectivity index (χ0) is 12.0. The summed E-state index contributed by atoms with van der Waals surface area (Å²) < 4.78 is 13.0. The fourth-order valence-electron chi connectivity index (χ4n) is 1.72. The topological polar surface area (TPSA) is 16.1 Å². The Morgan fingerprint density at radius 1 is 1.31 bits per heavy atom. The molecule has 1 heterocycles. The quantitative estimate of drug-likeness (QED) is 0.711. The van der Waals surface area contributed by atoms with Crippen molar-refractivity contribution in [3.05, 3.63) is 23.6 Å². The van der Waals surface area contributed by atoms with Gasteiger partial charge in [-0.2, -0.15) is 0 Å². The van der Waals surface area contributed by atoms with E-state index in [0.29, 0.717) is 5.88 Å². The molecule has 0 saturated heterocycles. The van der Waals surface area contributed by atoms with Crippen LogP contribution < -0.4 is 4.90 Å². The van der Waals surface area contributed by atoms with Gasteiger partial charge >= 0.3 is 0 Å². The van der Waals surface area contributed by atoms with Crippen molar-refractivity contribution in [1.29, 1.82) is 0 Å². The van der Waals surface area contributed by atoms with E-state index in [0.717, 1.165) is 37.3 Å². The Labute approximate surface area is 101 Å². The van der Waals surface area contributed by atoms with Gasteiger partial charge in [0.05, 0.1) is 12.1 Å². The van der Waals surface area contributed by atoms with E-state index in [1.54, 1.807) is 0 Å². The number of nitrogens with zero attached hydrogens (tertiary/aromatic N) is 2. The van der Waals surface area contributed by atoms with Gasteiger partial charge in [-0.1, -0.05) is 13.8 Å². The lowest BCUT2D eigenvalue weighted by Gasteiger charge is -2.24. The monoisotopic (exact) mass is 244 g/mol. The Balaban J connectivity index is 2.97. The van der Waals surface area contributed by atoms with Gasteiger partial charge in [0, 0.05) is 18.7 Å². The van der Waals surface area contributed by atoms with Crippen LogP contribution in [0.15, 0.2) is 12.3 Å². The lowest BCUT2D eigenvalue weighted by Crippen LogP contribution is -2.27. The van der Waals surface area contributed by atoms with Crippen molar-refractivity contribution in [2.24, 2.45) is 0 Å². The predicted octanol–water partition coefficient (Wildman–Crippen LogP) is 3.59. The number of hydrogen-bond acceptors (Lipinski definition) is 2. The lowest BCUT2D eigenvalue weighted by molar-refractivity contribution is 0.617. The number of anilines is 1. The van der Waals surface area contributed by atoms with Crippen LogP contribution in [0.25, 0.3) is 0 Å². The molecule has 0 fully saturated rings. The van der Waals surface area contributed by atoms with Crippen molar-refractivity contribution in [2.75, 3.05) is 18.0 Å². The fraction of sp³-hybridized carbons (Fsp3) is 0.583. The Morgan fingerprint density at radius 2 is 1.94 bits per heavy atom. The van der Waals surface area contributed by atoms with Crippen LogP contribution in [0.2, 0.25) is 0 Å². The molecule has 0 amide bonds. The van der Waals surface area contributed by atoms with E-state index in [1.165, 1.54) is 12.3 Å². The van der Waals surface area contributed by atoms with Gasteiger partial charge in [0.15, 0.2) is 0 Å². The number of alkyl halides is 1. The maximum absolute atomic E-state index is 13.0. The number of rotatable bonds is 6. The van der Waals surface area contributed by atoms with Gasteiger partial charge in [0.1, 0.15) is 11.6 Å². The summed E-state index contributed by atoms with van der Waals surface area (Å²) in [4.78, 5) is 6.32. The molecule has 0 aliphatic heterocycles. The molecule has 0 unspecified atom stereocenters. The molecule has 90 valence electrons. The van der Waals surface area contributed by atoms with E-state index in [-0.39, 0.29) is 5.82 Å². The molecule has 16 heavy (non-hydrogen) atoms. The highest BCUT2D eigenvalue weighted by Gasteiger charge is 2.11. The zero-order valence-corrected chi connectivity index (χ0v) is 10.6. The van der Waals surface area contributed by atoms with Gasteiger partial charge in [0.25, 0.3) is 0 Å². The highest BCUT2D eigenvalue weighted by Crippen LogP contribution is 2.20.